The van der Waals surface area contributed by atoms with Crippen LogP contribution in [0, 0.1) is 6.92 Å². The van der Waals surface area contributed by atoms with Crippen LogP contribution in [0.15, 0.2) is 23.6 Å². The molecule has 20 heavy (non-hydrogen) atoms. The van der Waals surface area contributed by atoms with Crippen molar-refractivity contribution in [3.8, 4) is 0 Å². The van der Waals surface area contributed by atoms with E-state index in [-0.39, 0.29) is 5.41 Å². The maximum absolute atomic E-state index is 4.60. The lowest BCUT2D eigenvalue weighted by Gasteiger charge is -2.24. The molecule has 0 aromatic carbocycles. The van der Waals surface area contributed by atoms with Crippen LogP contribution in [-0.2, 0) is 5.41 Å². The average molecular weight is 289 g/mol. The van der Waals surface area contributed by atoms with Gasteiger partial charge in [-0.15, -0.1) is 11.3 Å². The molecule has 4 heteroatoms. The van der Waals surface area contributed by atoms with Gasteiger partial charge in [0.1, 0.15) is 11.6 Å². The Labute approximate surface area is 125 Å². The summed E-state index contributed by atoms with van der Waals surface area (Å²) in [6.45, 7) is 11.6. The van der Waals surface area contributed by atoms with E-state index in [2.05, 4.69) is 60.5 Å². The molecule has 0 aliphatic carbocycles. The van der Waals surface area contributed by atoms with Crippen molar-refractivity contribution in [1.29, 1.82) is 0 Å². The molecule has 3 nitrogen and oxygen atoms in total. The fourth-order valence-electron chi connectivity index (χ4n) is 2.00. The lowest BCUT2D eigenvalue weighted by molar-refractivity contribution is 0.567. The largest absolute Gasteiger partial charge is 0.369 e. The van der Waals surface area contributed by atoms with Crippen LogP contribution in [0.2, 0.25) is 0 Å². The molecular weight excluding hydrogens is 266 g/mol. The van der Waals surface area contributed by atoms with Crippen LogP contribution < -0.4 is 5.32 Å². The van der Waals surface area contributed by atoms with Crippen LogP contribution in [0.4, 0.5) is 5.82 Å². The number of aryl methyl sites for hydroxylation is 1. The Balaban J connectivity index is 2.11. The maximum atomic E-state index is 4.60. The van der Waals surface area contributed by atoms with Crippen LogP contribution in [-0.4, -0.2) is 16.5 Å². The SMILES string of the molecule is Cc1cc(NCC(C)(C)c2cccs2)nc(C(C)C)n1. The third-order valence-electron chi connectivity index (χ3n) is 3.29. The lowest BCUT2D eigenvalue weighted by atomic mass is 9.91. The molecule has 0 spiro atoms. The van der Waals surface area contributed by atoms with E-state index in [1.165, 1.54) is 4.88 Å². The van der Waals surface area contributed by atoms with Crippen molar-refractivity contribution in [3.05, 3.63) is 40.0 Å². The molecule has 0 saturated carbocycles. The fraction of sp³-hybridized carbons (Fsp3) is 0.500. The summed E-state index contributed by atoms with van der Waals surface area (Å²) in [4.78, 5) is 10.5. The first-order valence-corrected chi connectivity index (χ1v) is 7.90. The molecule has 0 unspecified atom stereocenters. The summed E-state index contributed by atoms with van der Waals surface area (Å²) in [6, 6.07) is 6.31. The molecule has 0 amide bonds. The second-order valence-electron chi connectivity index (χ2n) is 6.12. The summed E-state index contributed by atoms with van der Waals surface area (Å²) < 4.78 is 0. The van der Waals surface area contributed by atoms with E-state index in [9.17, 15) is 0 Å². The topological polar surface area (TPSA) is 37.8 Å². The zero-order chi connectivity index (χ0) is 14.8. The number of hydrogen-bond donors (Lipinski definition) is 1. The Morgan fingerprint density at radius 3 is 2.65 bits per heavy atom. The average Bonchev–Trinajstić information content (AvgIpc) is 2.90. The van der Waals surface area contributed by atoms with Gasteiger partial charge in [0.2, 0.25) is 0 Å². The van der Waals surface area contributed by atoms with Crippen LogP contribution >= 0.6 is 11.3 Å². The summed E-state index contributed by atoms with van der Waals surface area (Å²) in [6.07, 6.45) is 0. The number of nitrogens with one attached hydrogen (secondary N) is 1. The number of thiophene rings is 1. The minimum atomic E-state index is 0.102. The minimum absolute atomic E-state index is 0.102. The molecule has 0 aliphatic rings. The molecular formula is C16H23N3S. The Hall–Kier alpha value is -1.42. The lowest BCUT2D eigenvalue weighted by Crippen LogP contribution is -2.27. The quantitative estimate of drug-likeness (QED) is 0.888. The molecule has 2 aromatic rings. The Morgan fingerprint density at radius 1 is 1.30 bits per heavy atom. The second kappa shape index (κ2) is 5.92. The maximum Gasteiger partial charge on any atom is 0.133 e. The number of anilines is 1. The third-order valence-corrected chi connectivity index (χ3v) is 4.52. The monoisotopic (exact) mass is 289 g/mol. The highest BCUT2D eigenvalue weighted by molar-refractivity contribution is 7.10. The fourth-order valence-corrected chi connectivity index (χ4v) is 2.85. The first-order chi connectivity index (χ1) is 9.38. The Bertz CT molecular complexity index is 559. The number of hydrogen-bond acceptors (Lipinski definition) is 4. The number of rotatable bonds is 5. The van der Waals surface area contributed by atoms with Crippen molar-refractivity contribution in [2.24, 2.45) is 0 Å². The Kier molecular flexibility index (Phi) is 4.43. The molecule has 1 N–H and O–H groups in total. The van der Waals surface area contributed by atoms with Crippen LogP contribution in [0.1, 0.15) is 50.0 Å². The zero-order valence-corrected chi connectivity index (χ0v) is 13.7. The first-order valence-electron chi connectivity index (χ1n) is 7.02. The summed E-state index contributed by atoms with van der Waals surface area (Å²) in [5.41, 5.74) is 1.12. The van der Waals surface area contributed by atoms with E-state index in [1.54, 1.807) is 11.3 Å². The molecule has 2 heterocycles. The van der Waals surface area contributed by atoms with E-state index in [1.807, 2.05) is 13.0 Å². The van der Waals surface area contributed by atoms with Crippen molar-refractivity contribution < 1.29 is 0 Å². The molecule has 0 saturated heterocycles. The van der Waals surface area contributed by atoms with Gasteiger partial charge >= 0.3 is 0 Å². The van der Waals surface area contributed by atoms with Gasteiger partial charge in [0.05, 0.1) is 0 Å². The van der Waals surface area contributed by atoms with Crippen molar-refractivity contribution in [1.82, 2.24) is 9.97 Å². The molecule has 0 radical (unpaired) electrons. The zero-order valence-electron chi connectivity index (χ0n) is 12.9. The van der Waals surface area contributed by atoms with Crippen molar-refractivity contribution >= 4 is 17.2 Å². The predicted octanol–water partition coefficient (Wildman–Crippen LogP) is 4.36. The minimum Gasteiger partial charge on any atom is -0.369 e. The first kappa shape index (κ1) is 15.0. The van der Waals surface area contributed by atoms with Crippen molar-refractivity contribution in [2.75, 3.05) is 11.9 Å². The van der Waals surface area contributed by atoms with Crippen molar-refractivity contribution in [2.45, 2.75) is 46.0 Å². The van der Waals surface area contributed by atoms with Gasteiger partial charge < -0.3 is 5.32 Å². The van der Waals surface area contributed by atoms with Crippen LogP contribution in [0.3, 0.4) is 0 Å². The molecule has 0 bridgehead atoms. The summed E-state index contributed by atoms with van der Waals surface area (Å²) >= 11 is 1.80. The normalized spacial score (nSPS) is 11.9. The van der Waals surface area contributed by atoms with Crippen molar-refractivity contribution in [3.63, 3.8) is 0 Å². The predicted molar refractivity (Wildman–Crippen MR) is 86.7 cm³/mol. The molecule has 0 fully saturated rings. The highest BCUT2D eigenvalue weighted by atomic mass is 32.1. The molecule has 2 rings (SSSR count). The third kappa shape index (κ3) is 3.57. The summed E-state index contributed by atoms with van der Waals surface area (Å²) in [7, 11) is 0. The van der Waals surface area contributed by atoms with Gasteiger partial charge in [0.15, 0.2) is 0 Å². The molecule has 108 valence electrons. The van der Waals surface area contributed by atoms with Gasteiger partial charge in [0, 0.05) is 34.5 Å². The number of nitrogens with zero attached hydrogens (tertiary/aromatic N) is 2. The van der Waals surface area contributed by atoms with Crippen LogP contribution in [0.25, 0.3) is 0 Å². The van der Waals surface area contributed by atoms with Gasteiger partial charge in [-0.2, -0.15) is 0 Å². The van der Waals surface area contributed by atoms with E-state index >= 15 is 0 Å². The van der Waals surface area contributed by atoms with Gasteiger partial charge in [-0.25, -0.2) is 9.97 Å². The number of aromatic nitrogens is 2. The second-order valence-corrected chi connectivity index (χ2v) is 7.07. The highest BCUT2D eigenvalue weighted by Gasteiger charge is 2.21. The molecule has 2 aromatic heterocycles. The smallest absolute Gasteiger partial charge is 0.133 e. The standard InChI is InChI=1S/C16H23N3S/c1-11(2)15-18-12(3)9-14(19-15)17-10-16(4,5)13-7-6-8-20-13/h6-9,11H,10H2,1-5H3,(H,17,18,19). The van der Waals surface area contributed by atoms with E-state index in [0.29, 0.717) is 5.92 Å². The van der Waals surface area contributed by atoms with E-state index < -0.39 is 0 Å². The van der Waals surface area contributed by atoms with E-state index in [0.717, 1.165) is 23.9 Å². The summed E-state index contributed by atoms with van der Waals surface area (Å²) in [5, 5.41) is 5.59. The van der Waals surface area contributed by atoms with Gasteiger partial charge in [-0.05, 0) is 18.4 Å². The summed E-state index contributed by atoms with van der Waals surface area (Å²) in [5.74, 6) is 2.17. The van der Waals surface area contributed by atoms with Gasteiger partial charge in [-0.3, -0.25) is 0 Å². The van der Waals surface area contributed by atoms with E-state index in [4.69, 9.17) is 0 Å². The van der Waals surface area contributed by atoms with Gasteiger partial charge in [-0.1, -0.05) is 33.8 Å². The van der Waals surface area contributed by atoms with Crippen LogP contribution in [0.5, 0.6) is 0 Å². The highest BCUT2D eigenvalue weighted by Crippen LogP contribution is 2.27. The molecule has 0 atom stereocenters. The Morgan fingerprint density at radius 2 is 2.05 bits per heavy atom. The molecule has 0 aliphatic heterocycles. The van der Waals surface area contributed by atoms with Gasteiger partial charge in [0.25, 0.3) is 0 Å².